The van der Waals surface area contributed by atoms with Crippen LogP contribution in [0.25, 0.3) is 11.0 Å². The van der Waals surface area contributed by atoms with E-state index in [-0.39, 0.29) is 0 Å². The highest BCUT2D eigenvalue weighted by Gasteiger charge is 2.09. The van der Waals surface area contributed by atoms with Crippen molar-refractivity contribution in [2.24, 2.45) is 5.73 Å². The number of fused-ring (bicyclic) bond motifs is 1. The summed E-state index contributed by atoms with van der Waals surface area (Å²) in [5, 5.41) is 0.785. The highest BCUT2D eigenvalue weighted by molar-refractivity contribution is 6.05. The zero-order valence-corrected chi connectivity index (χ0v) is 9.20. The van der Waals surface area contributed by atoms with Gasteiger partial charge in [-0.15, -0.1) is 0 Å². The molecule has 3 nitrogen and oxygen atoms in total. The fourth-order valence-corrected chi connectivity index (χ4v) is 1.33. The minimum Gasteiger partial charge on any atom is -0.463 e. The van der Waals surface area contributed by atoms with Gasteiger partial charge in [-0.1, -0.05) is 25.5 Å². The molecule has 2 rings (SSSR count). The van der Waals surface area contributed by atoms with E-state index < -0.39 is 5.91 Å². The van der Waals surface area contributed by atoms with Gasteiger partial charge in [0.15, 0.2) is 0 Å². The Kier molecular flexibility index (Phi) is 3.50. The molecule has 0 atom stereocenters. The topological polar surface area (TPSA) is 56.2 Å². The Balaban J connectivity index is 0.000000531. The number of amides is 1. The van der Waals surface area contributed by atoms with Gasteiger partial charge in [0.2, 0.25) is 0 Å². The molecule has 0 bridgehead atoms. The Labute approximate surface area is 88.9 Å². The van der Waals surface area contributed by atoms with E-state index >= 15 is 0 Å². The third kappa shape index (κ3) is 2.18. The Bertz CT molecular complexity index is 471. The monoisotopic (exact) mass is 205 g/mol. The van der Waals surface area contributed by atoms with Crippen LogP contribution in [0.1, 0.15) is 29.8 Å². The number of nitrogens with two attached hydrogens (primary N) is 1. The van der Waals surface area contributed by atoms with E-state index in [0.29, 0.717) is 11.1 Å². The van der Waals surface area contributed by atoms with Gasteiger partial charge in [0.1, 0.15) is 11.8 Å². The molecular formula is C12H15NO2. The molecule has 3 heteroatoms. The molecule has 0 spiro atoms. The third-order valence-corrected chi connectivity index (χ3v) is 1.99. The summed E-state index contributed by atoms with van der Waals surface area (Å²) in [5.41, 5.74) is 7.39. The molecule has 0 aliphatic heterocycles. The van der Waals surface area contributed by atoms with E-state index in [1.165, 1.54) is 6.26 Å². The van der Waals surface area contributed by atoms with E-state index in [4.69, 9.17) is 10.2 Å². The quantitative estimate of drug-likeness (QED) is 0.778. The van der Waals surface area contributed by atoms with Crippen molar-refractivity contribution in [2.75, 3.05) is 0 Å². The summed E-state index contributed by atoms with van der Waals surface area (Å²) in [6.45, 7) is 5.96. The van der Waals surface area contributed by atoms with Crippen molar-refractivity contribution < 1.29 is 9.21 Å². The average Bonchev–Trinajstić information content (AvgIpc) is 2.63. The maximum Gasteiger partial charge on any atom is 0.252 e. The molecule has 0 aliphatic rings. The molecule has 0 unspecified atom stereocenters. The Morgan fingerprint density at radius 3 is 2.60 bits per heavy atom. The van der Waals surface area contributed by atoms with Gasteiger partial charge in [-0.3, -0.25) is 4.79 Å². The van der Waals surface area contributed by atoms with Crippen LogP contribution in [0, 0.1) is 6.92 Å². The SMILES string of the molecule is CC.Cc1ccc2occ(C(N)=O)c2c1. The summed E-state index contributed by atoms with van der Waals surface area (Å²) in [6.07, 6.45) is 1.40. The Morgan fingerprint density at radius 1 is 1.33 bits per heavy atom. The smallest absolute Gasteiger partial charge is 0.252 e. The molecule has 0 fully saturated rings. The number of carbonyl (C=O) groups is 1. The first-order valence-electron chi connectivity index (χ1n) is 4.96. The van der Waals surface area contributed by atoms with Crippen molar-refractivity contribution in [3.05, 3.63) is 35.6 Å². The molecule has 80 valence electrons. The summed E-state index contributed by atoms with van der Waals surface area (Å²) >= 11 is 0. The molecule has 15 heavy (non-hydrogen) atoms. The lowest BCUT2D eigenvalue weighted by atomic mass is 10.1. The number of hydrogen-bond acceptors (Lipinski definition) is 2. The number of carbonyl (C=O) groups excluding carboxylic acids is 1. The van der Waals surface area contributed by atoms with Crippen molar-refractivity contribution in [3.63, 3.8) is 0 Å². The number of rotatable bonds is 1. The summed E-state index contributed by atoms with van der Waals surface area (Å²) in [5.74, 6) is -0.454. The lowest BCUT2D eigenvalue weighted by Gasteiger charge is -1.93. The summed E-state index contributed by atoms with van der Waals surface area (Å²) < 4.78 is 5.16. The summed E-state index contributed by atoms with van der Waals surface area (Å²) in [4.78, 5) is 10.9. The molecule has 2 aromatic rings. The fraction of sp³-hybridized carbons (Fsp3) is 0.250. The molecular weight excluding hydrogens is 190 g/mol. The molecule has 0 aliphatic carbocycles. The van der Waals surface area contributed by atoms with E-state index in [9.17, 15) is 4.79 Å². The number of aryl methyl sites for hydroxylation is 1. The first-order valence-corrected chi connectivity index (χ1v) is 4.96. The highest BCUT2D eigenvalue weighted by atomic mass is 16.3. The molecule has 1 heterocycles. The third-order valence-electron chi connectivity index (χ3n) is 1.99. The second-order valence-corrected chi connectivity index (χ2v) is 3.01. The van der Waals surface area contributed by atoms with Gasteiger partial charge < -0.3 is 10.2 Å². The van der Waals surface area contributed by atoms with Crippen molar-refractivity contribution in [3.8, 4) is 0 Å². The van der Waals surface area contributed by atoms with Crippen LogP contribution in [0.2, 0.25) is 0 Å². The van der Waals surface area contributed by atoms with Gasteiger partial charge in [-0.05, 0) is 19.1 Å². The normalized spacial score (nSPS) is 9.53. The van der Waals surface area contributed by atoms with E-state index in [1.54, 1.807) is 0 Å². The van der Waals surface area contributed by atoms with Crippen molar-refractivity contribution in [1.82, 2.24) is 0 Å². The molecule has 1 amide bonds. The van der Waals surface area contributed by atoms with Gasteiger partial charge >= 0.3 is 0 Å². The standard InChI is InChI=1S/C10H9NO2.C2H6/c1-6-2-3-9-7(4-6)8(5-13-9)10(11)12;1-2/h2-5H,1H3,(H2,11,12);1-2H3. The fourth-order valence-electron chi connectivity index (χ4n) is 1.33. The van der Waals surface area contributed by atoms with Gasteiger partial charge in [0.05, 0.1) is 5.56 Å². The van der Waals surface area contributed by atoms with Crippen molar-refractivity contribution >= 4 is 16.9 Å². The first-order chi connectivity index (χ1) is 7.18. The van der Waals surface area contributed by atoms with Crippen LogP contribution < -0.4 is 5.73 Å². The summed E-state index contributed by atoms with van der Waals surface area (Å²) in [6, 6.07) is 5.65. The van der Waals surface area contributed by atoms with Gasteiger partial charge in [-0.2, -0.15) is 0 Å². The number of furan rings is 1. The van der Waals surface area contributed by atoms with E-state index in [1.807, 2.05) is 39.0 Å². The van der Waals surface area contributed by atoms with Crippen molar-refractivity contribution in [2.45, 2.75) is 20.8 Å². The van der Waals surface area contributed by atoms with Crippen molar-refractivity contribution in [1.29, 1.82) is 0 Å². The second-order valence-electron chi connectivity index (χ2n) is 3.01. The number of hydrogen-bond donors (Lipinski definition) is 1. The van der Waals surface area contributed by atoms with Crippen LogP contribution in [0.3, 0.4) is 0 Å². The lowest BCUT2D eigenvalue weighted by molar-refractivity contribution is 0.100. The molecule has 1 aromatic heterocycles. The van der Waals surface area contributed by atoms with Crippen LogP contribution in [0.5, 0.6) is 0 Å². The maximum atomic E-state index is 10.9. The second kappa shape index (κ2) is 4.64. The minimum atomic E-state index is -0.454. The average molecular weight is 205 g/mol. The van der Waals surface area contributed by atoms with Crippen LogP contribution >= 0.6 is 0 Å². The molecule has 0 radical (unpaired) electrons. The van der Waals surface area contributed by atoms with Crippen LogP contribution in [0.4, 0.5) is 0 Å². The highest BCUT2D eigenvalue weighted by Crippen LogP contribution is 2.21. The zero-order valence-electron chi connectivity index (χ0n) is 9.20. The van der Waals surface area contributed by atoms with Crippen LogP contribution in [-0.4, -0.2) is 5.91 Å². The Morgan fingerprint density at radius 2 is 2.00 bits per heavy atom. The van der Waals surface area contributed by atoms with Crippen LogP contribution in [0.15, 0.2) is 28.9 Å². The predicted octanol–water partition coefficient (Wildman–Crippen LogP) is 2.87. The molecule has 0 saturated heterocycles. The van der Waals surface area contributed by atoms with E-state index in [2.05, 4.69) is 0 Å². The number of primary amides is 1. The molecule has 1 aromatic carbocycles. The summed E-state index contributed by atoms with van der Waals surface area (Å²) in [7, 11) is 0. The zero-order chi connectivity index (χ0) is 11.4. The Hall–Kier alpha value is -1.77. The first kappa shape index (κ1) is 11.3. The lowest BCUT2D eigenvalue weighted by Crippen LogP contribution is -2.09. The maximum absolute atomic E-state index is 10.9. The van der Waals surface area contributed by atoms with Gasteiger partial charge in [0, 0.05) is 5.39 Å². The van der Waals surface area contributed by atoms with Crippen LogP contribution in [-0.2, 0) is 0 Å². The molecule has 2 N–H and O–H groups in total. The minimum absolute atomic E-state index is 0.443. The predicted molar refractivity (Wildman–Crippen MR) is 60.8 cm³/mol. The molecule has 0 saturated carbocycles. The number of benzene rings is 1. The van der Waals surface area contributed by atoms with Gasteiger partial charge in [0.25, 0.3) is 5.91 Å². The largest absolute Gasteiger partial charge is 0.463 e. The van der Waals surface area contributed by atoms with Gasteiger partial charge in [-0.25, -0.2) is 0 Å². The van der Waals surface area contributed by atoms with E-state index in [0.717, 1.165) is 10.9 Å².